The molecule has 1 atom stereocenters. The summed E-state index contributed by atoms with van der Waals surface area (Å²) in [6.45, 7) is 4.61. The molecule has 0 saturated carbocycles. The van der Waals surface area contributed by atoms with Crippen LogP contribution in [-0.4, -0.2) is 19.8 Å². The maximum Gasteiger partial charge on any atom is 0.389 e. The standard InChI is InChI=1S/C15H22F3NO/c1-4-19-13(6-5-9-15(16,17)18)12-7-8-14(20-3)11(2)10-12/h7-8,10,13,19H,4-6,9H2,1-3H3. The second-order valence-corrected chi connectivity index (χ2v) is 4.85. The van der Waals surface area contributed by atoms with Gasteiger partial charge in [-0.1, -0.05) is 19.1 Å². The van der Waals surface area contributed by atoms with Crippen molar-refractivity contribution in [2.45, 2.75) is 45.3 Å². The van der Waals surface area contributed by atoms with E-state index < -0.39 is 12.6 Å². The molecule has 0 heterocycles. The zero-order chi connectivity index (χ0) is 15.2. The lowest BCUT2D eigenvalue weighted by molar-refractivity contribution is -0.135. The van der Waals surface area contributed by atoms with Crippen molar-refractivity contribution in [1.29, 1.82) is 0 Å². The topological polar surface area (TPSA) is 21.3 Å². The Morgan fingerprint density at radius 1 is 1.30 bits per heavy atom. The van der Waals surface area contributed by atoms with Crippen molar-refractivity contribution in [3.63, 3.8) is 0 Å². The fourth-order valence-corrected chi connectivity index (χ4v) is 2.26. The first-order valence-electron chi connectivity index (χ1n) is 6.82. The van der Waals surface area contributed by atoms with Crippen molar-refractivity contribution in [2.24, 2.45) is 0 Å². The molecule has 0 saturated heterocycles. The summed E-state index contributed by atoms with van der Waals surface area (Å²) in [4.78, 5) is 0. The number of aryl methyl sites for hydroxylation is 1. The van der Waals surface area contributed by atoms with E-state index in [0.29, 0.717) is 6.42 Å². The Kier molecular flexibility index (Phi) is 6.33. The van der Waals surface area contributed by atoms with E-state index in [1.165, 1.54) is 0 Å². The molecule has 1 aromatic carbocycles. The fourth-order valence-electron chi connectivity index (χ4n) is 2.26. The minimum absolute atomic E-state index is 0.0491. The summed E-state index contributed by atoms with van der Waals surface area (Å²) >= 11 is 0. The number of alkyl halides is 3. The number of halogens is 3. The molecule has 1 rings (SSSR count). The van der Waals surface area contributed by atoms with Gasteiger partial charge in [-0.3, -0.25) is 0 Å². The Hall–Kier alpha value is -1.23. The van der Waals surface area contributed by atoms with Crippen LogP contribution in [0.5, 0.6) is 5.75 Å². The van der Waals surface area contributed by atoms with Crippen molar-refractivity contribution >= 4 is 0 Å². The average Bonchev–Trinajstić information content (AvgIpc) is 2.36. The van der Waals surface area contributed by atoms with Crippen LogP contribution in [0.25, 0.3) is 0 Å². The van der Waals surface area contributed by atoms with Crippen LogP contribution in [0.15, 0.2) is 18.2 Å². The molecule has 20 heavy (non-hydrogen) atoms. The minimum atomic E-state index is -4.08. The number of benzene rings is 1. The van der Waals surface area contributed by atoms with Gasteiger partial charge in [-0.05, 0) is 43.5 Å². The normalized spacial score (nSPS) is 13.3. The molecule has 1 unspecified atom stereocenters. The monoisotopic (exact) mass is 289 g/mol. The molecule has 0 fully saturated rings. The molecule has 0 bridgehead atoms. The number of nitrogens with one attached hydrogen (secondary N) is 1. The third-order valence-corrected chi connectivity index (χ3v) is 3.22. The van der Waals surface area contributed by atoms with Crippen LogP contribution in [0, 0.1) is 6.92 Å². The molecule has 0 amide bonds. The third kappa shape index (κ3) is 5.41. The van der Waals surface area contributed by atoms with Crippen molar-refractivity contribution in [1.82, 2.24) is 5.32 Å². The number of hydrogen-bond acceptors (Lipinski definition) is 2. The Morgan fingerprint density at radius 3 is 2.50 bits per heavy atom. The molecule has 1 aromatic rings. The van der Waals surface area contributed by atoms with E-state index in [2.05, 4.69) is 5.32 Å². The SMILES string of the molecule is CCNC(CCCC(F)(F)F)c1ccc(OC)c(C)c1. The maximum absolute atomic E-state index is 12.2. The molecular weight excluding hydrogens is 267 g/mol. The Bertz CT molecular complexity index is 418. The van der Waals surface area contributed by atoms with Gasteiger partial charge in [0, 0.05) is 12.5 Å². The summed E-state index contributed by atoms with van der Waals surface area (Å²) in [5, 5.41) is 3.24. The van der Waals surface area contributed by atoms with Gasteiger partial charge < -0.3 is 10.1 Å². The quantitative estimate of drug-likeness (QED) is 0.804. The van der Waals surface area contributed by atoms with E-state index in [9.17, 15) is 13.2 Å². The van der Waals surface area contributed by atoms with E-state index in [1.807, 2.05) is 32.0 Å². The van der Waals surface area contributed by atoms with E-state index in [-0.39, 0.29) is 12.5 Å². The van der Waals surface area contributed by atoms with Crippen molar-refractivity contribution < 1.29 is 17.9 Å². The highest BCUT2D eigenvalue weighted by Gasteiger charge is 2.26. The molecule has 0 aliphatic rings. The first kappa shape index (κ1) is 16.8. The number of hydrogen-bond donors (Lipinski definition) is 1. The summed E-state index contributed by atoms with van der Waals surface area (Å²) in [5.74, 6) is 0.791. The van der Waals surface area contributed by atoms with Crippen LogP contribution in [0.4, 0.5) is 13.2 Å². The Balaban J connectivity index is 2.72. The molecule has 0 aliphatic carbocycles. The largest absolute Gasteiger partial charge is 0.496 e. The Labute approximate surface area is 118 Å². The van der Waals surface area contributed by atoms with Crippen molar-refractivity contribution in [2.75, 3.05) is 13.7 Å². The van der Waals surface area contributed by atoms with Crippen LogP contribution in [0.2, 0.25) is 0 Å². The summed E-state index contributed by atoms with van der Waals surface area (Å²) in [7, 11) is 1.60. The minimum Gasteiger partial charge on any atom is -0.496 e. The number of rotatable bonds is 7. The van der Waals surface area contributed by atoms with Gasteiger partial charge in [0.2, 0.25) is 0 Å². The third-order valence-electron chi connectivity index (χ3n) is 3.22. The Morgan fingerprint density at radius 2 is 2.00 bits per heavy atom. The summed E-state index contributed by atoms with van der Waals surface area (Å²) in [6.07, 6.45) is -4.21. The number of ether oxygens (including phenoxy) is 1. The zero-order valence-corrected chi connectivity index (χ0v) is 12.2. The van der Waals surface area contributed by atoms with Crippen LogP contribution < -0.4 is 10.1 Å². The first-order chi connectivity index (χ1) is 9.37. The molecule has 0 radical (unpaired) electrons. The first-order valence-corrected chi connectivity index (χ1v) is 6.82. The second kappa shape index (κ2) is 7.53. The highest BCUT2D eigenvalue weighted by Crippen LogP contribution is 2.28. The lowest BCUT2D eigenvalue weighted by Crippen LogP contribution is -2.21. The van der Waals surface area contributed by atoms with Gasteiger partial charge in [0.05, 0.1) is 7.11 Å². The second-order valence-electron chi connectivity index (χ2n) is 4.85. The summed E-state index contributed by atoms with van der Waals surface area (Å²) in [5.41, 5.74) is 2.00. The predicted octanol–water partition coefficient (Wildman–Crippen LogP) is 4.39. The van der Waals surface area contributed by atoms with Gasteiger partial charge in [0.1, 0.15) is 5.75 Å². The predicted molar refractivity (Wildman–Crippen MR) is 74.1 cm³/mol. The highest BCUT2D eigenvalue weighted by molar-refractivity contribution is 5.37. The van der Waals surface area contributed by atoms with Crippen LogP contribution in [-0.2, 0) is 0 Å². The van der Waals surface area contributed by atoms with Crippen LogP contribution in [0.3, 0.4) is 0 Å². The molecule has 114 valence electrons. The van der Waals surface area contributed by atoms with E-state index >= 15 is 0 Å². The van der Waals surface area contributed by atoms with Crippen LogP contribution in [0.1, 0.15) is 43.4 Å². The van der Waals surface area contributed by atoms with Crippen LogP contribution >= 0.6 is 0 Å². The molecular formula is C15H22F3NO. The van der Waals surface area contributed by atoms with E-state index in [1.54, 1.807) is 7.11 Å². The maximum atomic E-state index is 12.2. The zero-order valence-electron chi connectivity index (χ0n) is 12.2. The molecule has 1 N–H and O–H groups in total. The average molecular weight is 289 g/mol. The van der Waals surface area contributed by atoms with Gasteiger partial charge in [0.15, 0.2) is 0 Å². The fraction of sp³-hybridized carbons (Fsp3) is 0.600. The molecule has 0 aromatic heterocycles. The van der Waals surface area contributed by atoms with Gasteiger partial charge in [-0.2, -0.15) is 13.2 Å². The molecule has 0 spiro atoms. The van der Waals surface area contributed by atoms with Crippen molar-refractivity contribution in [3.05, 3.63) is 29.3 Å². The number of methoxy groups -OCH3 is 1. The van der Waals surface area contributed by atoms with Gasteiger partial charge in [0.25, 0.3) is 0 Å². The van der Waals surface area contributed by atoms with Gasteiger partial charge in [-0.15, -0.1) is 0 Å². The smallest absolute Gasteiger partial charge is 0.389 e. The highest BCUT2D eigenvalue weighted by atomic mass is 19.4. The van der Waals surface area contributed by atoms with E-state index in [0.717, 1.165) is 23.4 Å². The van der Waals surface area contributed by atoms with E-state index in [4.69, 9.17) is 4.74 Å². The molecule has 2 nitrogen and oxygen atoms in total. The van der Waals surface area contributed by atoms with Gasteiger partial charge >= 0.3 is 6.18 Å². The lowest BCUT2D eigenvalue weighted by Gasteiger charge is -2.20. The van der Waals surface area contributed by atoms with Crippen molar-refractivity contribution in [3.8, 4) is 5.75 Å². The molecule has 5 heteroatoms. The summed E-state index contributed by atoms with van der Waals surface area (Å²) in [6, 6.07) is 5.69. The van der Waals surface area contributed by atoms with Gasteiger partial charge in [-0.25, -0.2) is 0 Å². The molecule has 0 aliphatic heterocycles. The summed E-state index contributed by atoms with van der Waals surface area (Å²) < 4.78 is 41.9. The lowest BCUT2D eigenvalue weighted by atomic mass is 9.98.